The summed E-state index contributed by atoms with van der Waals surface area (Å²) in [5.41, 5.74) is 0.429. The molecular formula is C16H20N2O8S. The molecule has 1 aromatic carbocycles. The summed E-state index contributed by atoms with van der Waals surface area (Å²) in [4.78, 5) is 25.5. The van der Waals surface area contributed by atoms with Crippen LogP contribution in [0.15, 0.2) is 28.3 Å². The minimum absolute atomic E-state index is 0.0301. The van der Waals surface area contributed by atoms with E-state index in [1.54, 1.807) is 0 Å². The summed E-state index contributed by atoms with van der Waals surface area (Å²) >= 11 is 0. The van der Waals surface area contributed by atoms with Crippen LogP contribution in [0.4, 0.5) is 5.69 Å². The Balaban J connectivity index is 2.51. The molecule has 11 heteroatoms. The van der Waals surface area contributed by atoms with E-state index < -0.39 is 22.0 Å². The second-order valence-electron chi connectivity index (χ2n) is 5.71. The van der Waals surface area contributed by atoms with Gasteiger partial charge in [-0.05, 0) is 18.6 Å². The lowest BCUT2D eigenvalue weighted by molar-refractivity contribution is -0.136. The normalized spacial score (nSPS) is 14.6. The molecule has 1 heterocycles. The zero-order valence-corrected chi connectivity index (χ0v) is 15.8. The fourth-order valence-electron chi connectivity index (χ4n) is 2.70. The largest absolute Gasteiger partial charge is 0.495 e. The molecule has 0 spiro atoms. The number of esters is 1. The number of nitrogens with one attached hydrogen (secondary N) is 1. The van der Waals surface area contributed by atoms with E-state index >= 15 is 0 Å². The van der Waals surface area contributed by atoms with Gasteiger partial charge in [-0.1, -0.05) is 0 Å². The summed E-state index contributed by atoms with van der Waals surface area (Å²) in [5, 5.41) is 11.9. The molecule has 3 N–H and O–H groups in total. The number of aliphatic hydroxyl groups excluding tert-OH is 1. The summed E-state index contributed by atoms with van der Waals surface area (Å²) in [6.45, 7) is 1.16. The second kappa shape index (κ2) is 7.94. The number of benzene rings is 1. The van der Waals surface area contributed by atoms with Crippen LogP contribution in [0, 0.1) is 6.92 Å². The van der Waals surface area contributed by atoms with E-state index in [1.165, 1.54) is 32.1 Å². The van der Waals surface area contributed by atoms with E-state index in [1.807, 2.05) is 0 Å². The van der Waals surface area contributed by atoms with Crippen molar-refractivity contribution < 1.29 is 37.1 Å². The zero-order chi connectivity index (χ0) is 20.4. The number of aryl methyl sites for hydroxylation is 1. The Morgan fingerprint density at radius 2 is 2.00 bits per heavy atom. The van der Waals surface area contributed by atoms with E-state index in [0.29, 0.717) is 0 Å². The number of ether oxygens (including phenoxy) is 2. The zero-order valence-electron chi connectivity index (χ0n) is 15.0. The van der Waals surface area contributed by atoms with Crippen molar-refractivity contribution in [3.8, 4) is 5.75 Å². The fraction of sp³-hybridized carbons (Fsp3) is 0.375. The Bertz CT molecular complexity index is 907. The van der Waals surface area contributed by atoms with Crippen LogP contribution in [0.3, 0.4) is 0 Å². The van der Waals surface area contributed by atoms with Crippen molar-refractivity contribution in [1.82, 2.24) is 4.90 Å². The standard InChI is InChI=1S/C16H20N2O8S/c1-9-6-11(12(25-2)7-13(9)27(22,23)24)17-14-10(16(21)26-3)8-18(4-5-19)15(14)20/h6-7,17,19H,4-5,8H2,1-3H3,(H,22,23,24). The molecule has 1 aliphatic rings. The monoisotopic (exact) mass is 400 g/mol. The van der Waals surface area contributed by atoms with Gasteiger partial charge in [0.15, 0.2) is 0 Å². The highest BCUT2D eigenvalue weighted by Crippen LogP contribution is 2.33. The lowest BCUT2D eigenvalue weighted by Gasteiger charge is -2.17. The summed E-state index contributed by atoms with van der Waals surface area (Å²) < 4.78 is 42.0. The molecule has 2 rings (SSSR count). The van der Waals surface area contributed by atoms with Gasteiger partial charge in [-0.25, -0.2) is 4.79 Å². The van der Waals surface area contributed by atoms with Crippen molar-refractivity contribution in [3.05, 3.63) is 29.0 Å². The topological polar surface area (TPSA) is 142 Å². The molecule has 0 atom stereocenters. The third-order valence-corrected chi connectivity index (χ3v) is 4.98. The van der Waals surface area contributed by atoms with Crippen LogP contribution < -0.4 is 10.1 Å². The molecule has 0 unspecified atom stereocenters. The number of carbonyl (C=O) groups excluding carboxylic acids is 2. The molecule has 0 aromatic heterocycles. The van der Waals surface area contributed by atoms with Gasteiger partial charge in [-0.3, -0.25) is 9.35 Å². The average molecular weight is 400 g/mol. The molecule has 0 radical (unpaired) electrons. The Labute approximate surface area is 156 Å². The van der Waals surface area contributed by atoms with E-state index in [4.69, 9.17) is 14.6 Å². The lowest BCUT2D eigenvalue weighted by Crippen LogP contribution is -2.31. The number of nitrogens with zero attached hydrogens (tertiary/aromatic N) is 1. The summed E-state index contributed by atoms with van der Waals surface area (Å²) in [7, 11) is -2.00. The minimum atomic E-state index is -4.46. The predicted molar refractivity (Wildman–Crippen MR) is 93.9 cm³/mol. The number of anilines is 1. The smallest absolute Gasteiger partial charge is 0.337 e. The molecule has 0 fully saturated rings. The highest BCUT2D eigenvalue weighted by Gasteiger charge is 2.35. The number of methoxy groups -OCH3 is 2. The number of rotatable bonds is 7. The van der Waals surface area contributed by atoms with Gasteiger partial charge in [0, 0.05) is 12.6 Å². The SMILES string of the molecule is COC(=O)C1=C(Nc2cc(C)c(S(=O)(=O)O)cc2OC)C(=O)N(CCO)C1. The van der Waals surface area contributed by atoms with Gasteiger partial charge >= 0.3 is 5.97 Å². The van der Waals surface area contributed by atoms with Crippen molar-refractivity contribution in [1.29, 1.82) is 0 Å². The van der Waals surface area contributed by atoms with Crippen molar-refractivity contribution in [2.24, 2.45) is 0 Å². The van der Waals surface area contributed by atoms with Crippen LogP contribution in [-0.4, -0.2) is 68.8 Å². The first kappa shape index (κ1) is 20.7. The summed E-state index contributed by atoms with van der Waals surface area (Å²) in [6, 6.07) is 2.47. The Morgan fingerprint density at radius 3 is 2.52 bits per heavy atom. The third kappa shape index (κ3) is 4.21. The molecule has 0 aliphatic carbocycles. The van der Waals surface area contributed by atoms with E-state index in [-0.39, 0.29) is 52.9 Å². The number of β-amino-alcohol motifs (C(OH)–C–C–N with tert-alkyl or cyclic N) is 1. The molecule has 1 aliphatic heterocycles. The first-order chi connectivity index (χ1) is 12.6. The van der Waals surface area contributed by atoms with E-state index in [9.17, 15) is 22.6 Å². The first-order valence-electron chi connectivity index (χ1n) is 7.78. The molecule has 1 aromatic rings. The molecule has 27 heavy (non-hydrogen) atoms. The maximum atomic E-state index is 12.6. The summed E-state index contributed by atoms with van der Waals surface area (Å²) in [5.74, 6) is -1.20. The van der Waals surface area contributed by atoms with Crippen LogP contribution in [0.2, 0.25) is 0 Å². The average Bonchev–Trinajstić information content (AvgIpc) is 2.90. The van der Waals surface area contributed by atoms with Crippen LogP contribution in [0.25, 0.3) is 0 Å². The molecule has 10 nitrogen and oxygen atoms in total. The maximum absolute atomic E-state index is 12.6. The van der Waals surface area contributed by atoms with Gasteiger partial charge in [0.05, 0.1) is 38.6 Å². The highest BCUT2D eigenvalue weighted by atomic mass is 32.2. The van der Waals surface area contributed by atoms with Crippen LogP contribution in [-0.2, 0) is 24.4 Å². The molecule has 0 saturated carbocycles. The van der Waals surface area contributed by atoms with Gasteiger partial charge in [-0.2, -0.15) is 8.42 Å². The Kier molecular flexibility index (Phi) is 6.08. The second-order valence-corrected chi connectivity index (χ2v) is 7.10. The summed E-state index contributed by atoms with van der Waals surface area (Å²) in [6.07, 6.45) is 0. The van der Waals surface area contributed by atoms with Crippen LogP contribution >= 0.6 is 0 Å². The first-order valence-corrected chi connectivity index (χ1v) is 9.22. The third-order valence-electron chi connectivity index (χ3n) is 3.99. The Hall–Kier alpha value is -2.63. The van der Waals surface area contributed by atoms with Crippen molar-refractivity contribution in [3.63, 3.8) is 0 Å². The van der Waals surface area contributed by atoms with Crippen LogP contribution in [0.1, 0.15) is 5.56 Å². The quantitative estimate of drug-likeness (QED) is 0.423. The van der Waals surface area contributed by atoms with Gasteiger partial charge in [0.25, 0.3) is 16.0 Å². The number of hydrogen-bond acceptors (Lipinski definition) is 8. The lowest BCUT2D eigenvalue weighted by atomic mass is 10.1. The molecular weight excluding hydrogens is 380 g/mol. The van der Waals surface area contributed by atoms with Gasteiger partial charge < -0.3 is 24.8 Å². The van der Waals surface area contributed by atoms with Crippen LogP contribution in [0.5, 0.6) is 5.75 Å². The number of hydrogen-bond donors (Lipinski definition) is 3. The van der Waals surface area contributed by atoms with E-state index in [2.05, 4.69) is 5.32 Å². The van der Waals surface area contributed by atoms with Crippen molar-refractivity contribution in [2.75, 3.05) is 39.2 Å². The molecule has 1 amide bonds. The number of aliphatic hydroxyl groups is 1. The van der Waals surface area contributed by atoms with Gasteiger partial charge in [0.1, 0.15) is 16.3 Å². The predicted octanol–water partition coefficient (Wildman–Crippen LogP) is -0.0762. The highest BCUT2D eigenvalue weighted by molar-refractivity contribution is 7.85. The fourth-order valence-corrected chi connectivity index (χ4v) is 3.42. The maximum Gasteiger partial charge on any atom is 0.337 e. The van der Waals surface area contributed by atoms with Gasteiger partial charge in [0.2, 0.25) is 0 Å². The van der Waals surface area contributed by atoms with Crippen molar-refractivity contribution in [2.45, 2.75) is 11.8 Å². The Morgan fingerprint density at radius 1 is 1.33 bits per heavy atom. The number of amides is 1. The molecule has 0 saturated heterocycles. The molecule has 0 bridgehead atoms. The molecule has 148 valence electrons. The number of carbonyl (C=O) groups is 2. The van der Waals surface area contributed by atoms with Crippen molar-refractivity contribution >= 4 is 27.7 Å². The van der Waals surface area contributed by atoms with E-state index in [0.717, 1.165) is 6.07 Å². The minimum Gasteiger partial charge on any atom is -0.495 e. The van der Waals surface area contributed by atoms with Gasteiger partial charge in [-0.15, -0.1) is 0 Å².